The third kappa shape index (κ3) is 10.6. The van der Waals surface area contributed by atoms with E-state index in [1.807, 2.05) is 19.1 Å². The number of amides is 2. The Morgan fingerprint density at radius 2 is 1.59 bits per heavy atom. The maximum atomic E-state index is 11.7. The predicted octanol–water partition coefficient (Wildman–Crippen LogP) is 1.58. The van der Waals surface area contributed by atoms with E-state index in [0.29, 0.717) is 17.7 Å². The van der Waals surface area contributed by atoms with E-state index in [-0.39, 0.29) is 17.8 Å². The molecule has 34 heavy (non-hydrogen) atoms. The molecule has 1 saturated heterocycles. The Bertz CT molecular complexity index is 1210. The molecule has 2 atom stereocenters. The van der Waals surface area contributed by atoms with Crippen LogP contribution in [0.5, 0.6) is 5.75 Å². The van der Waals surface area contributed by atoms with E-state index < -0.39 is 32.1 Å². The Morgan fingerprint density at radius 3 is 2.06 bits per heavy atom. The summed E-state index contributed by atoms with van der Waals surface area (Å²) >= 11 is 0.975. The van der Waals surface area contributed by atoms with Crippen LogP contribution in [-0.2, 0) is 36.1 Å². The molecule has 1 fully saturated rings. The summed E-state index contributed by atoms with van der Waals surface area (Å²) in [6.07, 6.45) is -0.474. The van der Waals surface area contributed by atoms with Gasteiger partial charge in [-0.05, 0) is 36.6 Å². The average molecular weight is 535 g/mol. The first-order chi connectivity index (χ1) is 15.7. The van der Waals surface area contributed by atoms with E-state index in [4.69, 9.17) is 31.6 Å². The molecule has 0 radical (unpaired) electrons. The number of carbonyl (C=O) groups excluding carboxylic acids is 2. The molecule has 2 unspecified atom stereocenters. The monoisotopic (exact) mass is 534 g/mol. The molecule has 2 aromatic rings. The van der Waals surface area contributed by atoms with Crippen molar-refractivity contribution in [2.45, 2.75) is 24.7 Å². The summed E-state index contributed by atoms with van der Waals surface area (Å²) in [6.45, 7) is 1.86. The average Bonchev–Trinajstić information content (AvgIpc) is 3.01. The van der Waals surface area contributed by atoms with Gasteiger partial charge in [0.25, 0.3) is 5.24 Å². The molecule has 0 aliphatic carbocycles. The van der Waals surface area contributed by atoms with Crippen molar-refractivity contribution in [1.29, 1.82) is 0 Å². The van der Waals surface area contributed by atoms with E-state index in [9.17, 15) is 18.0 Å². The number of imide groups is 1. The molecule has 2 aromatic carbocycles. The lowest BCUT2D eigenvalue weighted by molar-refractivity contribution is -0.118. The topological polar surface area (TPSA) is 199 Å². The summed E-state index contributed by atoms with van der Waals surface area (Å²) in [6, 6.07) is 14.2. The SMILES string of the molecule is Cc1ccc(C(COc2ccc(CC3SC(=O)NC3=O)cc2)OS(N)(=O)=O)cc1.O=S(=O)(O)O. The second kappa shape index (κ2) is 11.7. The third-order valence-corrected chi connectivity index (χ3v) is 5.69. The molecular formula is C19H22N2O10S3. The molecular weight excluding hydrogens is 512 g/mol. The molecule has 1 heterocycles. The van der Waals surface area contributed by atoms with Gasteiger partial charge >= 0.3 is 20.7 Å². The van der Waals surface area contributed by atoms with Gasteiger partial charge < -0.3 is 4.74 Å². The van der Waals surface area contributed by atoms with Crippen LogP contribution in [0.15, 0.2) is 48.5 Å². The summed E-state index contributed by atoms with van der Waals surface area (Å²) in [5.74, 6) is 0.213. The molecule has 0 saturated carbocycles. The Labute approximate surface area is 200 Å². The first-order valence-electron chi connectivity index (χ1n) is 9.40. The van der Waals surface area contributed by atoms with Crippen LogP contribution in [0.1, 0.15) is 22.8 Å². The lowest BCUT2D eigenvalue weighted by atomic mass is 10.1. The molecule has 0 aromatic heterocycles. The zero-order chi connectivity index (χ0) is 25.5. The largest absolute Gasteiger partial charge is 0.490 e. The van der Waals surface area contributed by atoms with Gasteiger partial charge in [-0.2, -0.15) is 16.8 Å². The molecule has 12 nitrogen and oxygen atoms in total. The summed E-state index contributed by atoms with van der Waals surface area (Å²) in [5, 5.41) is 6.51. The molecule has 1 aliphatic heterocycles. The fraction of sp³-hybridized carbons (Fsp3) is 0.263. The third-order valence-electron chi connectivity index (χ3n) is 4.21. The number of hydrogen-bond acceptors (Lipinski definition) is 9. The van der Waals surface area contributed by atoms with Gasteiger partial charge in [-0.15, -0.1) is 0 Å². The highest BCUT2D eigenvalue weighted by molar-refractivity contribution is 8.15. The predicted molar refractivity (Wildman–Crippen MR) is 123 cm³/mol. The van der Waals surface area contributed by atoms with Crippen LogP contribution in [0.2, 0.25) is 0 Å². The minimum atomic E-state index is -4.67. The molecule has 0 bridgehead atoms. The van der Waals surface area contributed by atoms with E-state index in [0.717, 1.165) is 22.9 Å². The number of thioether (sulfide) groups is 1. The fourth-order valence-electron chi connectivity index (χ4n) is 2.76. The summed E-state index contributed by atoms with van der Waals surface area (Å²) in [5.41, 5.74) is 2.51. The van der Waals surface area contributed by atoms with E-state index in [2.05, 4.69) is 5.32 Å². The number of carbonyl (C=O) groups is 2. The number of aryl methyl sites for hydroxylation is 1. The van der Waals surface area contributed by atoms with Gasteiger partial charge in [0.2, 0.25) is 5.91 Å². The lowest BCUT2D eigenvalue weighted by Crippen LogP contribution is -2.25. The van der Waals surface area contributed by atoms with Gasteiger partial charge in [0, 0.05) is 0 Å². The Balaban J connectivity index is 0.000000739. The maximum Gasteiger partial charge on any atom is 0.394 e. The molecule has 5 N–H and O–H groups in total. The molecule has 186 valence electrons. The number of benzene rings is 2. The van der Waals surface area contributed by atoms with Crippen molar-refractivity contribution in [2.24, 2.45) is 5.14 Å². The molecule has 0 spiro atoms. The van der Waals surface area contributed by atoms with Crippen LogP contribution >= 0.6 is 11.8 Å². The van der Waals surface area contributed by atoms with Gasteiger partial charge in [-0.25, -0.2) is 9.32 Å². The second-order valence-corrected chi connectivity index (χ2v) is 10.2. The smallest absolute Gasteiger partial charge is 0.394 e. The van der Waals surface area contributed by atoms with E-state index >= 15 is 0 Å². The first-order valence-corrected chi connectivity index (χ1v) is 13.1. The van der Waals surface area contributed by atoms with Gasteiger partial charge in [0.1, 0.15) is 18.5 Å². The van der Waals surface area contributed by atoms with Crippen molar-refractivity contribution in [2.75, 3.05) is 6.61 Å². The number of hydrogen-bond donors (Lipinski definition) is 4. The molecule has 3 rings (SSSR count). The number of rotatable bonds is 8. The zero-order valence-electron chi connectivity index (χ0n) is 17.7. The highest BCUT2D eigenvalue weighted by Crippen LogP contribution is 2.25. The minimum absolute atomic E-state index is 0.0613. The number of ether oxygens (including phenoxy) is 1. The lowest BCUT2D eigenvalue weighted by Gasteiger charge is -2.18. The highest BCUT2D eigenvalue weighted by atomic mass is 32.3. The Kier molecular flexibility index (Phi) is 9.57. The van der Waals surface area contributed by atoms with Crippen LogP contribution in [0, 0.1) is 6.92 Å². The Morgan fingerprint density at radius 1 is 1.03 bits per heavy atom. The van der Waals surface area contributed by atoms with Crippen LogP contribution in [0.25, 0.3) is 0 Å². The number of nitrogens with two attached hydrogens (primary N) is 1. The van der Waals surface area contributed by atoms with Crippen LogP contribution in [-0.4, -0.2) is 48.9 Å². The van der Waals surface area contributed by atoms with Crippen molar-refractivity contribution in [3.63, 3.8) is 0 Å². The van der Waals surface area contributed by atoms with Crippen LogP contribution in [0.3, 0.4) is 0 Å². The van der Waals surface area contributed by atoms with Gasteiger partial charge in [0.05, 0.1) is 5.25 Å². The molecule has 15 heteroatoms. The maximum absolute atomic E-state index is 11.7. The summed E-state index contributed by atoms with van der Waals surface area (Å²) in [7, 11) is -8.83. The first kappa shape index (κ1) is 27.7. The van der Waals surface area contributed by atoms with Crippen molar-refractivity contribution in [3.05, 3.63) is 65.2 Å². The van der Waals surface area contributed by atoms with Gasteiger partial charge in [0.15, 0.2) is 0 Å². The highest BCUT2D eigenvalue weighted by Gasteiger charge is 2.31. The fourth-order valence-corrected chi connectivity index (χ4v) is 4.11. The van der Waals surface area contributed by atoms with Crippen molar-refractivity contribution in [1.82, 2.24) is 5.32 Å². The number of nitrogens with one attached hydrogen (secondary N) is 1. The Hall–Kier alpha value is -2.53. The molecule has 1 aliphatic rings. The van der Waals surface area contributed by atoms with E-state index in [1.165, 1.54) is 0 Å². The minimum Gasteiger partial charge on any atom is -0.490 e. The van der Waals surface area contributed by atoms with Crippen molar-refractivity contribution >= 4 is 43.6 Å². The van der Waals surface area contributed by atoms with Crippen molar-refractivity contribution in [3.8, 4) is 5.75 Å². The van der Waals surface area contributed by atoms with Gasteiger partial charge in [-0.3, -0.25) is 24.0 Å². The van der Waals surface area contributed by atoms with Crippen LogP contribution in [0.4, 0.5) is 4.79 Å². The van der Waals surface area contributed by atoms with Crippen molar-refractivity contribution < 1.29 is 44.5 Å². The zero-order valence-corrected chi connectivity index (χ0v) is 20.1. The summed E-state index contributed by atoms with van der Waals surface area (Å²) < 4.78 is 65.0. The quantitative estimate of drug-likeness (QED) is 0.358. The molecule has 2 amide bonds. The van der Waals surface area contributed by atoms with E-state index in [1.54, 1.807) is 36.4 Å². The van der Waals surface area contributed by atoms with Crippen LogP contribution < -0.4 is 15.2 Å². The second-order valence-electron chi connectivity index (χ2n) is 6.98. The standard InChI is InChI=1S/C19H20N2O6S2.H2O4S/c1-12-2-6-14(7-3-12)16(27-29(20,24)25)11-26-15-8-4-13(5-9-15)10-17-18(22)21-19(23)28-17;1-5(2,3)4/h2-9,16-17H,10-11H2,1H3,(H2,20,24,25)(H,21,22,23);(H2,1,2,3,4). The summed E-state index contributed by atoms with van der Waals surface area (Å²) in [4.78, 5) is 22.9. The normalized spacial score (nSPS) is 16.9. The van der Waals surface area contributed by atoms with Gasteiger partial charge in [-0.1, -0.05) is 53.7 Å².